The van der Waals surface area contributed by atoms with E-state index in [1.807, 2.05) is 0 Å². The van der Waals surface area contributed by atoms with E-state index >= 15 is 0 Å². The number of nitrogens with zero attached hydrogens (tertiary/aromatic N) is 2. The van der Waals surface area contributed by atoms with Crippen LogP contribution in [-0.4, -0.2) is 32.3 Å². The van der Waals surface area contributed by atoms with Gasteiger partial charge in [-0.25, -0.2) is 9.78 Å². The number of thiophene rings is 1. The first-order valence-corrected chi connectivity index (χ1v) is 9.17. The Morgan fingerprint density at radius 1 is 1.21 bits per heavy atom. The highest BCUT2D eigenvalue weighted by Gasteiger charge is 2.23. The quantitative estimate of drug-likeness (QED) is 0.637. The fraction of sp³-hybridized carbons (Fsp3) is 0.211. The van der Waals surface area contributed by atoms with Crippen molar-refractivity contribution in [2.75, 3.05) is 5.32 Å². The predicted molar refractivity (Wildman–Crippen MR) is 105 cm³/mol. The van der Waals surface area contributed by atoms with Crippen LogP contribution in [0.3, 0.4) is 0 Å². The number of anilines is 1. The summed E-state index contributed by atoms with van der Waals surface area (Å²) >= 11 is 0.934. The number of fused-ring (bicyclic) bond motifs is 1. The molecule has 0 saturated heterocycles. The molecular formula is C19H17N3O5S. The molecule has 28 heavy (non-hydrogen) atoms. The van der Waals surface area contributed by atoms with Gasteiger partial charge in [0, 0.05) is 18.2 Å². The standard InChI is InChI=1S/C19H17N3O5S/c1-9-14-17(28-16(9)19(26)27)20-8-22(18(14)25)10(2)15(24)12-4-6-13(7-5-12)21-11(3)23/h4-8,10H,1-3H3,(H,21,23)(H,26,27). The fourth-order valence-electron chi connectivity index (χ4n) is 2.91. The van der Waals surface area contributed by atoms with Gasteiger partial charge in [0.1, 0.15) is 9.71 Å². The number of benzene rings is 1. The largest absolute Gasteiger partial charge is 0.477 e. The lowest BCUT2D eigenvalue weighted by Gasteiger charge is -2.14. The van der Waals surface area contributed by atoms with Crippen LogP contribution in [-0.2, 0) is 4.79 Å². The molecule has 1 atom stereocenters. The van der Waals surface area contributed by atoms with Crippen molar-refractivity contribution in [3.8, 4) is 0 Å². The number of amides is 1. The Morgan fingerprint density at radius 3 is 2.43 bits per heavy atom. The zero-order chi connectivity index (χ0) is 20.6. The number of Topliss-reactive ketones (excluding diaryl/α,β-unsaturated/α-hetero) is 1. The highest BCUT2D eigenvalue weighted by atomic mass is 32.1. The van der Waals surface area contributed by atoms with Crippen molar-refractivity contribution in [3.63, 3.8) is 0 Å². The maximum Gasteiger partial charge on any atom is 0.346 e. The first-order valence-electron chi connectivity index (χ1n) is 8.36. The number of aryl methyl sites for hydroxylation is 1. The number of rotatable bonds is 5. The van der Waals surface area contributed by atoms with Gasteiger partial charge in [-0.1, -0.05) is 0 Å². The first-order chi connectivity index (χ1) is 13.2. The average molecular weight is 399 g/mol. The minimum absolute atomic E-state index is 0.0601. The van der Waals surface area contributed by atoms with E-state index in [9.17, 15) is 24.3 Å². The third-order valence-electron chi connectivity index (χ3n) is 4.36. The van der Waals surface area contributed by atoms with Gasteiger partial charge in [-0.05, 0) is 43.7 Å². The molecule has 0 bridgehead atoms. The number of nitrogens with one attached hydrogen (secondary N) is 1. The maximum atomic E-state index is 12.9. The van der Waals surface area contributed by atoms with Crippen molar-refractivity contribution in [1.82, 2.24) is 9.55 Å². The Balaban J connectivity index is 1.97. The number of carbonyl (C=O) groups is 3. The van der Waals surface area contributed by atoms with E-state index in [1.165, 1.54) is 17.8 Å². The van der Waals surface area contributed by atoms with E-state index in [0.717, 1.165) is 11.3 Å². The molecular weight excluding hydrogens is 382 g/mol. The van der Waals surface area contributed by atoms with Gasteiger partial charge in [0.05, 0.1) is 17.8 Å². The summed E-state index contributed by atoms with van der Waals surface area (Å²) in [4.78, 5) is 52.6. The molecule has 0 spiro atoms. The molecule has 3 rings (SSSR count). The van der Waals surface area contributed by atoms with E-state index in [0.29, 0.717) is 21.6 Å². The number of aromatic nitrogens is 2. The van der Waals surface area contributed by atoms with Crippen LogP contribution in [0.15, 0.2) is 35.4 Å². The van der Waals surface area contributed by atoms with Crippen molar-refractivity contribution in [1.29, 1.82) is 0 Å². The van der Waals surface area contributed by atoms with Gasteiger partial charge in [0.15, 0.2) is 5.78 Å². The number of aromatic carboxylic acids is 1. The van der Waals surface area contributed by atoms with Gasteiger partial charge >= 0.3 is 5.97 Å². The summed E-state index contributed by atoms with van der Waals surface area (Å²) in [7, 11) is 0. The zero-order valence-electron chi connectivity index (χ0n) is 15.3. The molecule has 9 heteroatoms. The smallest absolute Gasteiger partial charge is 0.346 e. The number of carboxylic acid groups (broad SMARTS) is 1. The van der Waals surface area contributed by atoms with Gasteiger partial charge in [-0.2, -0.15) is 0 Å². The average Bonchev–Trinajstić information content (AvgIpc) is 2.99. The van der Waals surface area contributed by atoms with Gasteiger partial charge in [-0.3, -0.25) is 19.0 Å². The van der Waals surface area contributed by atoms with Crippen LogP contribution in [0.4, 0.5) is 5.69 Å². The Bertz CT molecular complexity index is 1160. The molecule has 2 N–H and O–H groups in total. The van der Waals surface area contributed by atoms with E-state index in [4.69, 9.17) is 0 Å². The molecule has 1 aromatic carbocycles. The van der Waals surface area contributed by atoms with Gasteiger partial charge < -0.3 is 10.4 Å². The lowest BCUT2D eigenvalue weighted by molar-refractivity contribution is -0.114. The number of carboxylic acids is 1. The van der Waals surface area contributed by atoms with Crippen molar-refractivity contribution >= 4 is 44.9 Å². The lowest BCUT2D eigenvalue weighted by Crippen LogP contribution is -2.28. The lowest BCUT2D eigenvalue weighted by atomic mass is 10.0. The van der Waals surface area contributed by atoms with Crippen molar-refractivity contribution in [3.05, 3.63) is 57.0 Å². The second-order valence-corrected chi connectivity index (χ2v) is 7.30. The highest BCUT2D eigenvalue weighted by molar-refractivity contribution is 7.20. The summed E-state index contributed by atoms with van der Waals surface area (Å²) in [5, 5.41) is 12.1. The summed E-state index contributed by atoms with van der Waals surface area (Å²) in [6.45, 7) is 4.53. The van der Waals surface area contributed by atoms with Gasteiger partial charge in [0.25, 0.3) is 5.56 Å². The normalized spacial score (nSPS) is 12.0. The van der Waals surface area contributed by atoms with E-state index in [-0.39, 0.29) is 22.0 Å². The highest BCUT2D eigenvalue weighted by Crippen LogP contribution is 2.27. The van der Waals surface area contributed by atoms with Crippen LogP contribution in [0, 0.1) is 6.92 Å². The molecule has 144 valence electrons. The topological polar surface area (TPSA) is 118 Å². The predicted octanol–water partition coefficient (Wildman–Crippen LogP) is 2.87. The fourth-order valence-corrected chi connectivity index (χ4v) is 3.88. The molecule has 0 aliphatic carbocycles. The molecule has 0 aliphatic heterocycles. The SMILES string of the molecule is CC(=O)Nc1ccc(C(=O)C(C)n2cnc3sc(C(=O)O)c(C)c3c2=O)cc1. The second kappa shape index (κ2) is 7.35. The monoisotopic (exact) mass is 399 g/mol. The summed E-state index contributed by atoms with van der Waals surface area (Å²) < 4.78 is 1.21. The molecule has 1 unspecified atom stereocenters. The summed E-state index contributed by atoms with van der Waals surface area (Å²) in [6.07, 6.45) is 1.26. The molecule has 2 heterocycles. The van der Waals surface area contributed by atoms with Crippen LogP contribution >= 0.6 is 11.3 Å². The molecule has 0 aliphatic rings. The molecule has 0 fully saturated rings. The van der Waals surface area contributed by atoms with E-state index in [1.54, 1.807) is 38.1 Å². The third kappa shape index (κ3) is 3.44. The van der Waals surface area contributed by atoms with Crippen molar-refractivity contribution < 1.29 is 19.5 Å². The third-order valence-corrected chi connectivity index (χ3v) is 5.54. The molecule has 1 amide bonds. The number of ketones is 1. The molecule has 8 nitrogen and oxygen atoms in total. The van der Waals surface area contributed by atoms with E-state index in [2.05, 4.69) is 10.3 Å². The van der Waals surface area contributed by atoms with Gasteiger partial charge in [-0.15, -0.1) is 11.3 Å². The summed E-state index contributed by atoms with van der Waals surface area (Å²) in [6, 6.07) is 5.52. The number of hydrogen-bond acceptors (Lipinski definition) is 6. The van der Waals surface area contributed by atoms with Crippen LogP contribution < -0.4 is 10.9 Å². The van der Waals surface area contributed by atoms with Crippen LogP contribution in [0.1, 0.15) is 45.5 Å². The van der Waals surface area contributed by atoms with Crippen LogP contribution in [0.25, 0.3) is 10.2 Å². The molecule has 0 radical (unpaired) electrons. The molecule has 2 aromatic heterocycles. The van der Waals surface area contributed by atoms with Crippen LogP contribution in [0.5, 0.6) is 0 Å². The Morgan fingerprint density at radius 2 is 1.86 bits per heavy atom. The Hall–Kier alpha value is -3.33. The Kier molecular flexibility index (Phi) is 5.10. The minimum Gasteiger partial charge on any atom is -0.477 e. The molecule has 3 aromatic rings. The van der Waals surface area contributed by atoms with Gasteiger partial charge in [0.2, 0.25) is 5.91 Å². The summed E-state index contributed by atoms with van der Waals surface area (Å²) in [5.41, 5.74) is 0.828. The summed E-state index contributed by atoms with van der Waals surface area (Å²) in [5.74, 6) is -1.64. The number of hydrogen-bond donors (Lipinski definition) is 2. The maximum absolute atomic E-state index is 12.9. The molecule has 0 saturated carbocycles. The Labute approximate surface area is 163 Å². The first kappa shape index (κ1) is 19.4. The minimum atomic E-state index is -1.12. The van der Waals surface area contributed by atoms with Crippen molar-refractivity contribution in [2.24, 2.45) is 0 Å². The van der Waals surface area contributed by atoms with E-state index < -0.39 is 17.6 Å². The number of carbonyl (C=O) groups excluding carboxylic acids is 2. The zero-order valence-corrected chi connectivity index (χ0v) is 16.2. The second-order valence-electron chi connectivity index (χ2n) is 6.30. The van der Waals surface area contributed by atoms with Crippen LogP contribution in [0.2, 0.25) is 0 Å². The van der Waals surface area contributed by atoms with Crippen molar-refractivity contribution in [2.45, 2.75) is 26.8 Å².